The molecule has 0 atom stereocenters. The molecule has 0 aliphatic heterocycles. The quantitative estimate of drug-likeness (QED) is 0.149. The zero-order chi connectivity index (χ0) is 78.9. The minimum atomic E-state index is -0.527. The summed E-state index contributed by atoms with van der Waals surface area (Å²) in [6.07, 6.45) is 0. The first-order chi connectivity index (χ1) is 54.4. The average Bonchev–Trinajstić information content (AvgIpc) is 1.38. The third-order valence-corrected chi connectivity index (χ3v) is 17.5. The summed E-state index contributed by atoms with van der Waals surface area (Å²) >= 11 is 0. The lowest BCUT2D eigenvalue weighted by Crippen LogP contribution is -1.92. The van der Waals surface area contributed by atoms with Crippen molar-refractivity contribution in [3.63, 3.8) is 0 Å². The highest BCUT2D eigenvalue weighted by Gasteiger charge is 2.22. The Kier molecular flexibility index (Phi) is 8.51. The van der Waals surface area contributed by atoms with Gasteiger partial charge in [0.2, 0.25) is 0 Å². The second kappa shape index (κ2) is 21.9. The highest BCUT2D eigenvalue weighted by molar-refractivity contribution is 6.25. The van der Waals surface area contributed by atoms with E-state index in [4.69, 9.17) is 26.7 Å². The second-order valence-corrected chi connectivity index (χ2v) is 22.5. The van der Waals surface area contributed by atoms with Crippen LogP contribution in [-0.4, -0.2) is 0 Å². The number of hydrogen-bond acceptors (Lipinski definition) is 2. The molecule has 2 aromatic heterocycles. The Balaban J connectivity index is 0.000000160. The summed E-state index contributed by atoms with van der Waals surface area (Å²) < 4.78 is 200. The number of furan rings is 2. The molecule has 0 saturated heterocycles. The van der Waals surface area contributed by atoms with Crippen LogP contribution in [0.25, 0.3) is 186 Å². The molecule has 0 amide bonds. The maximum atomic E-state index is 9.38. The maximum Gasteiger partial charge on any atom is 0.136 e. The van der Waals surface area contributed by atoms with Crippen molar-refractivity contribution in [3.05, 3.63) is 339 Å². The highest BCUT2D eigenvalue weighted by atomic mass is 16.3. The van der Waals surface area contributed by atoms with E-state index in [0.29, 0.717) is 72.0 Å². The maximum absolute atomic E-state index is 9.38. The largest absolute Gasteiger partial charge is 0.456 e. The van der Waals surface area contributed by atoms with Gasteiger partial charge in [-0.15, -0.1) is 0 Å². The molecule has 0 unspecified atom stereocenters. The van der Waals surface area contributed by atoms with Crippen molar-refractivity contribution in [3.8, 4) is 77.9 Å². The van der Waals surface area contributed by atoms with Crippen LogP contribution in [0.5, 0.6) is 0 Å². The van der Waals surface area contributed by atoms with Crippen LogP contribution in [-0.2, 0) is 0 Å². The van der Waals surface area contributed by atoms with Gasteiger partial charge in [-0.3, -0.25) is 0 Å². The minimum absolute atomic E-state index is 0.0137. The Hall–Kier alpha value is -12.1. The Labute approximate surface area is 561 Å². The van der Waals surface area contributed by atoms with E-state index >= 15 is 0 Å². The van der Waals surface area contributed by atoms with Crippen LogP contribution < -0.4 is 0 Å². The number of hydrogen-bond donors (Lipinski definition) is 0. The van der Waals surface area contributed by atoms with E-state index in [1.165, 1.54) is 0 Å². The van der Waals surface area contributed by atoms with Crippen LogP contribution in [0.15, 0.2) is 348 Å². The van der Waals surface area contributed by atoms with Crippen LogP contribution in [0.1, 0.15) is 28.8 Å². The van der Waals surface area contributed by atoms with Gasteiger partial charge in [-0.05, 0) is 167 Å². The molecule has 0 fully saturated rings. The van der Waals surface area contributed by atoms with Crippen LogP contribution in [0.4, 0.5) is 0 Å². The van der Waals surface area contributed by atoms with Crippen LogP contribution >= 0.6 is 0 Å². The Bertz CT molecular complexity index is 7230. The monoisotopic (exact) mass is 1190 g/mol. The molecule has 2 heteroatoms. The third kappa shape index (κ3) is 8.72. The van der Waals surface area contributed by atoms with E-state index in [9.17, 15) is 11.0 Å². The van der Waals surface area contributed by atoms with Gasteiger partial charge in [-0.1, -0.05) is 309 Å². The van der Waals surface area contributed by atoms with Crippen LogP contribution in [0.3, 0.4) is 0 Å². The zero-order valence-corrected chi connectivity index (χ0v) is 48.5. The van der Waals surface area contributed by atoms with E-state index in [1.54, 1.807) is 48.5 Å². The first-order valence-electron chi connectivity index (χ1n) is 40.4. The molecule has 0 bridgehead atoms. The summed E-state index contributed by atoms with van der Waals surface area (Å²) in [5.74, 6) is 0. The summed E-state index contributed by atoms with van der Waals surface area (Å²) in [5.41, 5.74) is 9.06. The highest BCUT2D eigenvalue weighted by Crippen LogP contribution is 2.49. The number of rotatable bonds is 7. The molecule has 2 nitrogen and oxygen atoms in total. The minimum Gasteiger partial charge on any atom is -0.456 e. The SMILES string of the molecule is [2H]c1c([2H])c([2H])c(-c2c(-c3ccc(-c4c5c([2H])c([2H])c([2H])c([2H])c5c(-c5cccc6ccccc56)c5c([2H])c([2H])c([2H])c([2H])c45)cc3)ccc3oc4ccccc4c23)c([2H])c1[2H].[2H]c1c([2H])c([2H])c2c(-c3cccc4ccccc34)c3c([2H])c([2H])c([2H])c([2H])c3c(-c3ccc(-c4ccc5oc6ccccc6c5c4)cc3)c2c1[2H]. The van der Waals surface area contributed by atoms with E-state index in [-0.39, 0.29) is 120 Å². The van der Waals surface area contributed by atoms with E-state index < -0.39 is 66.5 Å². The van der Waals surface area contributed by atoms with Crippen molar-refractivity contribution in [2.45, 2.75) is 0 Å². The van der Waals surface area contributed by atoms with Crippen LogP contribution in [0, 0.1) is 0 Å². The van der Waals surface area contributed by atoms with Gasteiger partial charge >= 0.3 is 0 Å². The third-order valence-electron chi connectivity index (χ3n) is 17.5. The lowest BCUT2D eigenvalue weighted by molar-refractivity contribution is 0.668. The van der Waals surface area contributed by atoms with E-state index in [2.05, 4.69) is 6.07 Å². The molecule has 0 saturated carbocycles. The molecule has 0 spiro atoms. The van der Waals surface area contributed by atoms with Gasteiger partial charge in [-0.25, -0.2) is 0 Å². The molecule has 19 aromatic rings. The molecule has 2 heterocycles. The van der Waals surface area contributed by atoms with Crippen molar-refractivity contribution in [1.82, 2.24) is 0 Å². The summed E-state index contributed by atoms with van der Waals surface area (Å²) in [5, 5.41) is 7.62. The topological polar surface area (TPSA) is 26.3 Å². The summed E-state index contributed by atoms with van der Waals surface area (Å²) in [6.45, 7) is 0. The second-order valence-electron chi connectivity index (χ2n) is 22.5. The van der Waals surface area contributed by atoms with Gasteiger partial charge in [0, 0.05) is 27.1 Å². The number of benzene rings is 17. The number of para-hydroxylation sites is 2. The van der Waals surface area contributed by atoms with Crippen molar-refractivity contribution >= 4 is 109 Å². The van der Waals surface area contributed by atoms with E-state index in [1.807, 2.05) is 158 Å². The average molecular weight is 1190 g/mol. The summed E-state index contributed by atoms with van der Waals surface area (Å²) in [4.78, 5) is 0. The zero-order valence-electron chi connectivity index (χ0n) is 69.5. The van der Waals surface area contributed by atoms with Gasteiger partial charge in [0.05, 0.1) is 28.8 Å². The predicted molar refractivity (Wildman–Crippen MR) is 391 cm³/mol. The Morgan fingerprint density at radius 2 is 0.565 bits per heavy atom. The molecule has 0 aliphatic carbocycles. The lowest BCUT2D eigenvalue weighted by atomic mass is 9.84. The lowest BCUT2D eigenvalue weighted by Gasteiger charge is -2.19. The Morgan fingerprint density at radius 3 is 1.09 bits per heavy atom. The van der Waals surface area contributed by atoms with Gasteiger partial charge in [0.25, 0.3) is 0 Å². The van der Waals surface area contributed by atoms with Gasteiger partial charge < -0.3 is 8.83 Å². The molecule has 0 N–H and O–H groups in total. The van der Waals surface area contributed by atoms with Crippen molar-refractivity contribution in [2.24, 2.45) is 0 Å². The normalized spacial score (nSPS) is 14.9. The van der Waals surface area contributed by atoms with Crippen molar-refractivity contribution in [1.29, 1.82) is 0 Å². The molecule has 19 rings (SSSR count). The molecule has 428 valence electrons. The predicted octanol–water partition coefficient (Wildman–Crippen LogP) is 25.8. The first kappa shape index (κ1) is 35.8. The molecule has 0 radical (unpaired) electrons. The van der Waals surface area contributed by atoms with E-state index in [0.717, 1.165) is 54.6 Å². The van der Waals surface area contributed by atoms with Crippen molar-refractivity contribution < 1.29 is 37.6 Å². The molecule has 0 aliphatic rings. The standard InChI is InChI=1S/C48H30O.C42H26O/c1-2-14-33(15-3-1)46-36(29-30-44-48(46)42-22-10-11-24-43(42)49-44)32-25-27-34(28-26-32)45-38-18-6-8-20-40(38)47(41-21-9-7-19-39(41)45)37-23-12-16-31-13-4-5-17-35(31)37;1-2-12-31-28(10-1)11-9-18-33(31)42-36-16-5-3-14-34(36)41(35-15-4-6-17-37(35)42)29-22-20-27(21-23-29)30-24-25-40-38(26-30)32-13-7-8-19-39(32)43-40/h1-30H;1-26H/i1D,2D,3D,6D,7D,8D,9D,14D,15D,18D,19D,20D,21D;3D,4D,5D,6D,14D,15D,16D,17D. The van der Waals surface area contributed by atoms with Gasteiger partial charge in [-0.2, -0.15) is 0 Å². The number of fused-ring (bicyclic) bond motifs is 12. The molecular weight excluding hydrogens is 1110 g/mol. The van der Waals surface area contributed by atoms with Gasteiger partial charge in [0.1, 0.15) is 22.3 Å². The fourth-order valence-electron chi connectivity index (χ4n) is 13.5. The van der Waals surface area contributed by atoms with Crippen LogP contribution in [0.2, 0.25) is 0 Å². The summed E-state index contributed by atoms with van der Waals surface area (Å²) in [7, 11) is 0. The van der Waals surface area contributed by atoms with Crippen molar-refractivity contribution in [2.75, 3.05) is 0 Å². The Morgan fingerprint density at radius 1 is 0.196 bits per heavy atom. The fraction of sp³-hybridized carbons (Fsp3) is 0. The smallest absolute Gasteiger partial charge is 0.136 e. The molecule has 92 heavy (non-hydrogen) atoms. The molecular formula is C90H56O2. The molecule has 17 aromatic carbocycles. The fourth-order valence-corrected chi connectivity index (χ4v) is 13.5. The summed E-state index contributed by atoms with van der Waals surface area (Å²) in [6, 6.07) is 56.8. The first-order valence-corrected chi connectivity index (χ1v) is 29.9. The van der Waals surface area contributed by atoms with Gasteiger partial charge in [0.15, 0.2) is 0 Å².